The summed E-state index contributed by atoms with van der Waals surface area (Å²) >= 11 is 0. The van der Waals surface area contributed by atoms with Crippen molar-refractivity contribution in [1.82, 2.24) is 0 Å². The molecule has 0 radical (unpaired) electrons. The summed E-state index contributed by atoms with van der Waals surface area (Å²) in [7, 11) is 0. The molecular weight excluding hydrogens is 236 g/mol. The first-order valence-corrected chi connectivity index (χ1v) is 5.89. The summed E-state index contributed by atoms with van der Waals surface area (Å²) in [5.41, 5.74) is 2.64. The van der Waals surface area contributed by atoms with E-state index in [0.29, 0.717) is 6.54 Å². The van der Waals surface area contributed by atoms with E-state index in [9.17, 15) is 5.11 Å². The van der Waals surface area contributed by atoms with Crippen molar-refractivity contribution >= 4 is 17.6 Å². The third-order valence-electron chi connectivity index (χ3n) is 2.53. The summed E-state index contributed by atoms with van der Waals surface area (Å²) in [6.45, 7) is 0.464. The molecule has 3 heteroatoms. The van der Waals surface area contributed by atoms with Crippen LogP contribution >= 0.6 is 0 Å². The quantitative estimate of drug-likeness (QED) is 0.646. The van der Waals surface area contributed by atoms with Gasteiger partial charge in [0, 0.05) is 6.21 Å². The van der Waals surface area contributed by atoms with Crippen LogP contribution in [0.15, 0.2) is 53.5 Å². The zero-order valence-corrected chi connectivity index (χ0v) is 10.4. The van der Waals surface area contributed by atoms with E-state index in [-0.39, 0.29) is 5.75 Å². The highest BCUT2D eigenvalue weighted by molar-refractivity contribution is 5.84. The van der Waals surface area contributed by atoms with Crippen molar-refractivity contribution in [2.24, 2.45) is 4.99 Å². The molecule has 0 aromatic heterocycles. The summed E-state index contributed by atoms with van der Waals surface area (Å²) in [5.74, 6) is 2.78. The lowest BCUT2D eigenvalue weighted by Crippen LogP contribution is -1.98. The Morgan fingerprint density at radius 3 is 2.63 bits per heavy atom. The Kier molecular flexibility index (Phi) is 4.20. The van der Waals surface area contributed by atoms with Crippen LogP contribution in [-0.4, -0.2) is 17.9 Å². The topological polar surface area (TPSA) is 44.6 Å². The number of aromatic hydroxyl groups is 1. The molecule has 0 aliphatic heterocycles. The van der Waals surface area contributed by atoms with Gasteiger partial charge in [-0.25, -0.2) is 0 Å². The number of hydrogen-bond donors (Lipinski definition) is 2. The fourth-order valence-electron chi connectivity index (χ4n) is 1.59. The van der Waals surface area contributed by atoms with Crippen LogP contribution in [0.1, 0.15) is 5.56 Å². The predicted octanol–water partition coefficient (Wildman–Crippen LogP) is 3.19. The van der Waals surface area contributed by atoms with Gasteiger partial charge in [-0.15, -0.1) is 6.42 Å². The SMILES string of the molecule is C#CCNc1ccccc1N=Cc1ccc(O)cc1. The van der Waals surface area contributed by atoms with E-state index in [2.05, 4.69) is 16.2 Å². The first-order valence-electron chi connectivity index (χ1n) is 5.89. The second kappa shape index (κ2) is 6.27. The number of benzene rings is 2. The number of para-hydroxylation sites is 2. The standard InChI is InChI=1S/C16H14N2O/c1-2-11-17-15-5-3-4-6-16(15)18-12-13-7-9-14(19)10-8-13/h1,3-10,12,17,19H,11H2. The number of nitrogens with one attached hydrogen (secondary N) is 1. The normalized spacial score (nSPS) is 10.3. The summed E-state index contributed by atoms with van der Waals surface area (Å²) in [6, 6.07) is 14.6. The first-order chi connectivity index (χ1) is 9.29. The van der Waals surface area contributed by atoms with Crippen LogP contribution in [0.5, 0.6) is 5.75 Å². The van der Waals surface area contributed by atoms with Crippen LogP contribution in [0.25, 0.3) is 0 Å². The average Bonchev–Trinajstić information content (AvgIpc) is 2.45. The molecule has 0 bridgehead atoms. The maximum atomic E-state index is 9.21. The fourth-order valence-corrected chi connectivity index (χ4v) is 1.59. The number of anilines is 1. The monoisotopic (exact) mass is 250 g/mol. The lowest BCUT2D eigenvalue weighted by atomic mass is 10.2. The van der Waals surface area contributed by atoms with Crippen molar-refractivity contribution in [2.75, 3.05) is 11.9 Å². The second-order valence-electron chi connectivity index (χ2n) is 3.92. The van der Waals surface area contributed by atoms with E-state index in [1.54, 1.807) is 30.5 Å². The molecule has 2 aromatic rings. The molecule has 2 aromatic carbocycles. The van der Waals surface area contributed by atoms with Crippen molar-refractivity contribution in [3.05, 3.63) is 54.1 Å². The molecule has 0 fully saturated rings. The molecule has 0 amide bonds. The molecular formula is C16H14N2O. The van der Waals surface area contributed by atoms with Crippen LogP contribution in [0.4, 0.5) is 11.4 Å². The van der Waals surface area contributed by atoms with Crippen LogP contribution in [0, 0.1) is 12.3 Å². The Morgan fingerprint density at radius 1 is 1.16 bits per heavy atom. The van der Waals surface area contributed by atoms with Gasteiger partial charge in [0.25, 0.3) is 0 Å². The van der Waals surface area contributed by atoms with Crippen LogP contribution in [0.3, 0.4) is 0 Å². The third kappa shape index (κ3) is 3.62. The molecule has 0 saturated carbocycles. The van der Waals surface area contributed by atoms with Gasteiger partial charge in [-0.05, 0) is 42.0 Å². The van der Waals surface area contributed by atoms with Gasteiger partial charge >= 0.3 is 0 Å². The molecule has 0 atom stereocenters. The first kappa shape index (κ1) is 12.7. The highest BCUT2D eigenvalue weighted by Gasteiger charge is 1.97. The van der Waals surface area contributed by atoms with E-state index in [1.165, 1.54) is 0 Å². The molecule has 0 aliphatic carbocycles. The highest BCUT2D eigenvalue weighted by Crippen LogP contribution is 2.23. The highest BCUT2D eigenvalue weighted by atomic mass is 16.3. The number of phenolic OH excluding ortho intramolecular Hbond substituents is 1. The van der Waals surface area contributed by atoms with Crippen molar-refractivity contribution in [3.8, 4) is 18.1 Å². The van der Waals surface area contributed by atoms with Gasteiger partial charge in [0.1, 0.15) is 5.75 Å². The maximum Gasteiger partial charge on any atom is 0.115 e. The van der Waals surface area contributed by atoms with Crippen molar-refractivity contribution in [3.63, 3.8) is 0 Å². The minimum atomic E-state index is 0.244. The summed E-state index contributed by atoms with van der Waals surface area (Å²) in [5, 5.41) is 12.3. The predicted molar refractivity (Wildman–Crippen MR) is 79.1 cm³/mol. The van der Waals surface area contributed by atoms with E-state index < -0.39 is 0 Å². The van der Waals surface area contributed by atoms with Gasteiger partial charge in [0.05, 0.1) is 17.9 Å². The number of phenols is 1. The zero-order valence-electron chi connectivity index (χ0n) is 10.4. The Bertz CT molecular complexity index is 609. The van der Waals surface area contributed by atoms with Crippen LogP contribution < -0.4 is 5.32 Å². The van der Waals surface area contributed by atoms with Crippen molar-refractivity contribution in [1.29, 1.82) is 0 Å². The van der Waals surface area contributed by atoms with Crippen molar-refractivity contribution in [2.45, 2.75) is 0 Å². The number of nitrogens with zero attached hydrogens (tertiary/aromatic N) is 1. The second-order valence-corrected chi connectivity index (χ2v) is 3.92. The molecule has 0 unspecified atom stereocenters. The van der Waals surface area contributed by atoms with E-state index in [0.717, 1.165) is 16.9 Å². The van der Waals surface area contributed by atoms with Crippen LogP contribution in [-0.2, 0) is 0 Å². The lowest BCUT2D eigenvalue weighted by molar-refractivity contribution is 0.475. The minimum absolute atomic E-state index is 0.244. The summed E-state index contributed by atoms with van der Waals surface area (Å²) in [6.07, 6.45) is 6.98. The summed E-state index contributed by atoms with van der Waals surface area (Å²) in [4.78, 5) is 4.42. The van der Waals surface area contributed by atoms with Crippen molar-refractivity contribution < 1.29 is 5.11 Å². The smallest absolute Gasteiger partial charge is 0.115 e. The zero-order chi connectivity index (χ0) is 13.5. The number of aliphatic imine (C=N–C) groups is 1. The molecule has 0 aliphatic rings. The summed E-state index contributed by atoms with van der Waals surface area (Å²) < 4.78 is 0. The third-order valence-corrected chi connectivity index (χ3v) is 2.53. The molecule has 2 N–H and O–H groups in total. The number of hydrogen-bond acceptors (Lipinski definition) is 3. The molecule has 94 valence electrons. The molecule has 0 heterocycles. The fraction of sp³-hybridized carbons (Fsp3) is 0.0625. The van der Waals surface area contributed by atoms with Crippen LogP contribution in [0.2, 0.25) is 0 Å². The minimum Gasteiger partial charge on any atom is -0.508 e. The van der Waals surface area contributed by atoms with Gasteiger partial charge < -0.3 is 10.4 Å². The van der Waals surface area contributed by atoms with Gasteiger partial charge in [0.15, 0.2) is 0 Å². The number of terminal acetylenes is 1. The van der Waals surface area contributed by atoms with Gasteiger partial charge in [-0.2, -0.15) is 0 Å². The Balaban J connectivity index is 2.18. The number of rotatable bonds is 4. The largest absolute Gasteiger partial charge is 0.508 e. The molecule has 0 saturated heterocycles. The molecule has 2 rings (SSSR count). The molecule has 19 heavy (non-hydrogen) atoms. The maximum absolute atomic E-state index is 9.21. The molecule has 3 nitrogen and oxygen atoms in total. The Morgan fingerprint density at radius 2 is 1.89 bits per heavy atom. The van der Waals surface area contributed by atoms with E-state index in [1.807, 2.05) is 24.3 Å². The Hall–Kier alpha value is -2.73. The van der Waals surface area contributed by atoms with E-state index in [4.69, 9.17) is 6.42 Å². The van der Waals surface area contributed by atoms with E-state index >= 15 is 0 Å². The van der Waals surface area contributed by atoms with Gasteiger partial charge in [-0.1, -0.05) is 18.1 Å². The molecule has 0 spiro atoms. The lowest BCUT2D eigenvalue weighted by Gasteiger charge is -2.05. The Labute approximate surface area is 112 Å². The average molecular weight is 250 g/mol. The van der Waals surface area contributed by atoms with Gasteiger partial charge in [-0.3, -0.25) is 4.99 Å². The van der Waals surface area contributed by atoms with Gasteiger partial charge in [0.2, 0.25) is 0 Å².